The number of nitro benzene ring substituents is 1. The van der Waals surface area contributed by atoms with Crippen LogP contribution in [0.1, 0.15) is 26.7 Å². The van der Waals surface area contributed by atoms with Crippen LogP contribution in [0.5, 0.6) is 0 Å². The first-order valence-corrected chi connectivity index (χ1v) is 8.28. The van der Waals surface area contributed by atoms with Gasteiger partial charge >= 0.3 is 0 Å². The molecule has 0 heterocycles. The van der Waals surface area contributed by atoms with Gasteiger partial charge < -0.3 is 5.32 Å². The summed E-state index contributed by atoms with van der Waals surface area (Å²) in [5, 5.41) is 13.9. The van der Waals surface area contributed by atoms with E-state index in [1.54, 1.807) is 14.0 Å². The van der Waals surface area contributed by atoms with Crippen molar-refractivity contribution in [1.29, 1.82) is 0 Å². The predicted molar refractivity (Wildman–Crippen MR) is 82.0 cm³/mol. The highest BCUT2D eigenvalue weighted by Crippen LogP contribution is 2.29. The van der Waals surface area contributed by atoms with Crippen LogP contribution in [-0.2, 0) is 10.0 Å². The van der Waals surface area contributed by atoms with Gasteiger partial charge in [0.15, 0.2) is 4.90 Å². The van der Waals surface area contributed by atoms with E-state index in [0.29, 0.717) is 18.7 Å². The fourth-order valence-corrected chi connectivity index (χ4v) is 3.62. The Hall–Kier alpha value is -1.67. The zero-order valence-electron chi connectivity index (χ0n) is 12.5. The van der Waals surface area contributed by atoms with Crippen LogP contribution < -0.4 is 5.32 Å². The number of nitrogens with zero attached hydrogens (tertiary/aromatic N) is 2. The van der Waals surface area contributed by atoms with Crippen LogP contribution in [0.2, 0.25) is 0 Å². The van der Waals surface area contributed by atoms with E-state index in [4.69, 9.17) is 0 Å². The lowest BCUT2D eigenvalue weighted by Gasteiger charge is -2.20. The first-order valence-electron chi connectivity index (χ1n) is 6.84. The maximum absolute atomic E-state index is 12.7. The Labute approximate surface area is 125 Å². The Morgan fingerprint density at radius 3 is 2.48 bits per heavy atom. The van der Waals surface area contributed by atoms with E-state index in [1.807, 2.05) is 6.92 Å². The lowest BCUT2D eigenvalue weighted by molar-refractivity contribution is -0.387. The topological polar surface area (TPSA) is 92.6 Å². The minimum Gasteiger partial charge on any atom is -0.388 e. The highest BCUT2D eigenvalue weighted by Gasteiger charge is 2.30. The Kier molecular flexibility index (Phi) is 6.10. The van der Waals surface area contributed by atoms with E-state index >= 15 is 0 Å². The molecule has 0 saturated carbocycles. The van der Waals surface area contributed by atoms with Crippen molar-refractivity contribution in [2.75, 3.05) is 25.5 Å². The molecule has 1 rings (SSSR count). The summed E-state index contributed by atoms with van der Waals surface area (Å²) >= 11 is 0. The third kappa shape index (κ3) is 3.92. The molecule has 0 radical (unpaired) electrons. The lowest BCUT2D eigenvalue weighted by atomic mass is 10.3. The Morgan fingerprint density at radius 2 is 2.00 bits per heavy atom. The second-order valence-electron chi connectivity index (χ2n) is 4.54. The van der Waals surface area contributed by atoms with Gasteiger partial charge in [-0.1, -0.05) is 20.3 Å². The number of hydrogen-bond acceptors (Lipinski definition) is 5. The largest absolute Gasteiger partial charge is 0.388 e. The first-order chi connectivity index (χ1) is 9.88. The first kappa shape index (κ1) is 17.4. The third-order valence-electron chi connectivity index (χ3n) is 3.18. The highest BCUT2D eigenvalue weighted by molar-refractivity contribution is 7.89. The second-order valence-corrected chi connectivity index (χ2v) is 6.45. The van der Waals surface area contributed by atoms with Gasteiger partial charge in [0.2, 0.25) is 10.0 Å². The van der Waals surface area contributed by atoms with Crippen molar-refractivity contribution in [1.82, 2.24) is 4.31 Å². The van der Waals surface area contributed by atoms with E-state index in [1.165, 1.54) is 22.5 Å². The molecular weight excluding hydrogens is 294 g/mol. The Balaban J connectivity index is 3.36. The maximum Gasteiger partial charge on any atom is 0.289 e. The molecule has 0 saturated heterocycles. The van der Waals surface area contributed by atoms with E-state index in [9.17, 15) is 18.5 Å². The summed E-state index contributed by atoms with van der Waals surface area (Å²) in [7, 11) is -2.25. The van der Waals surface area contributed by atoms with Gasteiger partial charge in [0.05, 0.1) is 4.92 Å². The van der Waals surface area contributed by atoms with Crippen molar-refractivity contribution in [2.24, 2.45) is 0 Å². The molecule has 0 spiro atoms. The number of benzene rings is 1. The van der Waals surface area contributed by atoms with Gasteiger partial charge in [-0.2, -0.15) is 4.31 Å². The minimum absolute atomic E-state index is 0.266. The molecule has 0 atom stereocenters. The molecule has 1 aromatic carbocycles. The van der Waals surface area contributed by atoms with Crippen LogP contribution in [0.25, 0.3) is 0 Å². The summed E-state index contributed by atoms with van der Waals surface area (Å²) in [5.74, 6) is 0. The number of nitrogens with one attached hydrogen (secondary N) is 1. The summed E-state index contributed by atoms with van der Waals surface area (Å²) in [6, 6.07) is 4.01. The summed E-state index contributed by atoms with van der Waals surface area (Å²) in [6.45, 7) is 4.32. The van der Waals surface area contributed by atoms with Gasteiger partial charge in [-0.15, -0.1) is 0 Å². The average molecular weight is 315 g/mol. The molecule has 0 bridgehead atoms. The van der Waals surface area contributed by atoms with Crippen LogP contribution >= 0.6 is 0 Å². The summed E-state index contributed by atoms with van der Waals surface area (Å²) in [4.78, 5) is 10.2. The summed E-state index contributed by atoms with van der Waals surface area (Å²) in [5.41, 5.74) is 0.120. The summed E-state index contributed by atoms with van der Waals surface area (Å²) < 4.78 is 26.6. The third-order valence-corrected chi connectivity index (χ3v) is 5.18. The molecule has 0 aliphatic rings. The van der Waals surface area contributed by atoms with Crippen molar-refractivity contribution in [3.05, 3.63) is 28.3 Å². The molecule has 7 nitrogen and oxygen atoms in total. The number of nitro groups is 1. The van der Waals surface area contributed by atoms with Crippen molar-refractivity contribution >= 4 is 21.4 Å². The fourth-order valence-electron chi connectivity index (χ4n) is 1.95. The maximum atomic E-state index is 12.7. The zero-order chi connectivity index (χ0) is 16.0. The molecule has 0 aliphatic heterocycles. The molecule has 118 valence electrons. The van der Waals surface area contributed by atoms with E-state index < -0.39 is 20.6 Å². The van der Waals surface area contributed by atoms with Crippen molar-refractivity contribution < 1.29 is 13.3 Å². The van der Waals surface area contributed by atoms with Crippen LogP contribution in [0.3, 0.4) is 0 Å². The fraction of sp³-hybridized carbons (Fsp3) is 0.538. The van der Waals surface area contributed by atoms with Gasteiger partial charge in [0.25, 0.3) is 5.69 Å². The monoisotopic (exact) mass is 315 g/mol. The van der Waals surface area contributed by atoms with Crippen LogP contribution in [0.15, 0.2) is 23.1 Å². The minimum atomic E-state index is -3.88. The van der Waals surface area contributed by atoms with Gasteiger partial charge in [0.1, 0.15) is 0 Å². The normalized spacial score (nSPS) is 11.6. The predicted octanol–water partition coefficient (Wildman–Crippen LogP) is 2.45. The number of sulfonamides is 1. The lowest BCUT2D eigenvalue weighted by Crippen LogP contribution is -2.32. The van der Waals surface area contributed by atoms with Crippen LogP contribution in [0, 0.1) is 10.1 Å². The molecule has 0 aromatic heterocycles. The standard InChI is InChI=1S/C13H21N3O4S/c1-4-6-9-15(5-2)21(19,20)13-10-11(14-3)7-8-12(13)16(17)18/h7-8,10,14H,4-6,9H2,1-3H3. The molecule has 1 aromatic rings. The smallest absolute Gasteiger partial charge is 0.289 e. The molecule has 0 amide bonds. The molecular formula is C13H21N3O4S. The van der Waals surface area contributed by atoms with Crippen LogP contribution in [-0.4, -0.2) is 37.8 Å². The number of rotatable bonds is 8. The van der Waals surface area contributed by atoms with Gasteiger partial charge in [-0.25, -0.2) is 8.42 Å². The quantitative estimate of drug-likeness (QED) is 0.587. The average Bonchev–Trinajstić information content (AvgIpc) is 2.47. The van der Waals surface area contributed by atoms with Crippen LogP contribution in [0.4, 0.5) is 11.4 Å². The molecule has 1 N–H and O–H groups in total. The highest BCUT2D eigenvalue weighted by atomic mass is 32.2. The Morgan fingerprint density at radius 1 is 1.33 bits per heavy atom. The number of unbranched alkanes of at least 4 members (excludes halogenated alkanes) is 1. The molecule has 0 unspecified atom stereocenters. The second kappa shape index (κ2) is 7.37. The van der Waals surface area contributed by atoms with E-state index in [-0.39, 0.29) is 11.4 Å². The van der Waals surface area contributed by atoms with Crippen molar-refractivity contribution in [3.8, 4) is 0 Å². The molecule has 0 fully saturated rings. The molecule has 21 heavy (non-hydrogen) atoms. The Bertz CT molecular complexity index is 601. The molecule has 0 aliphatic carbocycles. The molecule has 8 heteroatoms. The van der Waals surface area contributed by atoms with E-state index in [0.717, 1.165) is 6.42 Å². The van der Waals surface area contributed by atoms with Crippen molar-refractivity contribution in [2.45, 2.75) is 31.6 Å². The van der Waals surface area contributed by atoms with Gasteiger partial charge in [-0.05, 0) is 18.6 Å². The van der Waals surface area contributed by atoms with Gasteiger partial charge in [0, 0.05) is 31.9 Å². The number of anilines is 1. The van der Waals surface area contributed by atoms with Crippen molar-refractivity contribution in [3.63, 3.8) is 0 Å². The zero-order valence-corrected chi connectivity index (χ0v) is 13.3. The van der Waals surface area contributed by atoms with E-state index in [2.05, 4.69) is 5.32 Å². The van der Waals surface area contributed by atoms with Gasteiger partial charge in [-0.3, -0.25) is 10.1 Å². The SMILES string of the molecule is CCCCN(CC)S(=O)(=O)c1cc(NC)ccc1[N+](=O)[O-]. The summed E-state index contributed by atoms with van der Waals surface area (Å²) in [6.07, 6.45) is 1.57. The number of hydrogen-bond donors (Lipinski definition) is 1.